The van der Waals surface area contributed by atoms with E-state index in [0.29, 0.717) is 4.57 Å². The second-order valence-corrected chi connectivity index (χ2v) is 10.9. The SMILES string of the molecule is C[C@@H](OP(=O)(O)OP(=O)(O)OP(=O)(O)O)[C@H]1O[C@@H](n2cnc(N)nc2=O)C(N)(C#CCl)[C@H]1O. The number of rotatable bonds is 8. The van der Waals surface area contributed by atoms with Crippen molar-refractivity contribution in [1.29, 1.82) is 0 Å². The molecule has 1 aromatic heterocycles. The van der Waals surface area contributed by atoms with E-state index in [1.165, 1.54) is 0 Å². The van der Waals surface area contributed by atoms with Gasteiger partial charge < -0.3 is 40.9 Å². The van der Waals surface area contributed by atoms with Gasteiger partial charge in [0, 0.05) is 5.38 Å². The van der Waals surface area contributed by atoms with E-state index >= 15 is 0 Å². The van der Waals surface area contributed by atoms with Gasteiger partial charge in [-0.25, -0.2) is 23.5 Å². The second kappa shape index (κ2) is 9.78. The molecule has 2 rings (SSSR count). The van der Waals surface area contributed by atoms with Crippen LogP contribution in [0.2, 0.25) is 0 Å². The zero-order valence-corrected chi connectivity index (χ0v) is 19.5. The lowest BCUT2D eigenvalue weighted by Crippen LogP contribution is -2.55. The molecular weight excluding hydrogens is 539 g/mol. The smallest absolute Gasteiger partial charge is 0.387 e. The maximum absolute atomic E-state index is 12.2. The Hall–Kier alpha value is -1.25. The molecule has 1 fully saturated rings. The van der Waals surface area contributed by atoms with Crippen LogP contribution in [0.4, 0.5) is 5.95 Å². The highest BCUT2D eigenvalue weighted by molar-refractivity contribution is 7.66. The number of phosphoric acid groups is 3. The molecule has 2 heterocycles. The minimum atomic E-state index is -5.79. The Labute approximate surface area is 188 Å². The maximum atomic E-state index is 12.2. The number of nitrogens with zero attached hydrogens (tertiary/aromatic N) is 3. The highest BCUT2D eigenvalue weighted by Gasteiger charge is 2.57. The molecule has 0 amide bonds. The van der Waals surface area contributed by atoms with Crippen LogP contribution < -0.4 is 17.2 Å². The number of phosphoric ester groups is 1. The van der Waals surface area contributed by atoms with E-state index in [2.05, 4.69) is 29.0 Å². The molecule has 0 radical (unpaired) electrons. The van der Waals surface area contributed by atoms with E-state index in [9.17, 15) is 33.4 Å². The van der Waals surface area contributed by atoms with Gasteiger partial charge in [-0.05, 0) is 18.5 Å². The predicted molar refractivity (Wildman–Crippen MR) is 106 cm³/mol. The molecule has 0 spiro atoms. The van der Waals surface area contributed by atoms with Gasteiger partial charge in [0.1, 0.15) is 18.5 Å². The molecule has 18 nitrogen and oxygen atoms in total. The van der Waals surface area contributed by atoms with E-state index in [4.69, 9.17) is 37.6 Å². The van der Waals surface area contributed by atoms with Crippen LogP contribution in [-0.2, 0) is 31.6 Å². The fourth-order valence-electron chi connectivity index (χ4n) is 2.72. The summed E-state index contributed by atoms with van der Waals surface area (Å²) in [6, 6.07) is 0. The lowest BCUT2D eigenvalue weighted by atomic mass is 9.90. The Bertz CT molecular complexity index is 1160. The first-order chi connectivity index (χ1) is 14.9. The normalized spacial score (nSPS) is 30.0. The largest absolute Gasteiger partial charge is 0.490 e. The molecule has 9 N–H and O–H groups in total. The summed E-state index contributed by atoms with van der Waals surface area (Å²) >= 11 is 5.39. The van der Waals surface area contributed by atoms with Crippen LogP contribution in [0.3, 0.4) is 0 Å². The number of halogens is 1. The van der Waals surface area contributed by atoms with Crippen molar-refractivity contribution in [3.8, 4) is 11.3 Å². The van der Waals surface area contributed by atoms with Gasteiger partial charge in [-0.2, -0.15) is 13.6 Å². The van der Waals surface area contributed by atoms with Crippen molar-refractivity contribution in [2.45, 2.75) is 37.0 Å². The molecule has 0 aromatic carbocycles. The molecule has 33 heavy (non-hydrogen) atoms. The molecule has 1 aromatic rings. The Morgan fingerprint density at radius 2 is 1.88 bits per heavy atom. The Morgan fingerprint density at radius 3 is 2.39 bits per heavy atom. The molecule has 22 heteroatoms. The minimum Gasteiger partial charge on any atom is -0.387 e. The lowest BCUT2D eigenvalue weighted by Gasteiger charge is -2.28. The standard InChI is InChI=1S/C11H17ClN5O13P3/c1-5(28-32(23,24)30-33(25,26)29-31(20,21)22)6-7(18)11(14,2-3-12)8(27-6)17-4-15-9(13)16-10(17)19/h4-8,18H,14H2,1H3,(H,23,24)(H,25,26)(H2,13,16,19)(H2,20,21,22)/t5-,6-,7+,8-,11?/m1/s1. The van der Waals surface area contributed by atoms with Crippen molar-refractivity contribution < 1.29 is 56.3 Å². The van der Waals surface area contributed by atoms with Gasteiger partial charge in [0.05, 0.1) is 6.10 Å². The number of aromatic nitrogens is 3. The molecule has 0 saturated carbocycles. The van der Waals surface area contributed by atoms with Crippen molar-refractivity contribution in [2.24, 2.45) is 5.73 Å². The summed E-state index contributed by atoms with van der Waals surface area (Å²) in [6.45, 7) is 1.02. The van der Waals surface area contributed by atoms with Gasteiger partial charge in [-0.15, -0.1) is 0 Å². The van der Waals surface area contributed by atoms with E-state index in [0.717, 1.165) is 13.3 Å². The van der Waals surface area contributed by atoms with Crippen LogP contribution in [0.25, 0.3) is 0 Å². The summed E-state index contributed by atoms with van der Waals surface area (Å²) in [7, 11) is -17.0. The summed E-state index contributed by atoms with van der Waals surface area (Å²) in [6.07, 6.45) is -5.99. The molecule has 0 aliphatic carbocycles. The van der Waals surface area contributed by atoms with Crippen molar-refractivity contribution in [3.05, 3.63) is 16.8 Å². The number of hydrogen-bond donors (Lipinski definition) is 7. The van der Waals surface area contributed by atoms with Crippen LogP contribution in [0.1, 0.15) is 13.2 Å². The minimum absolute atomic E-state index is 0.390. The number of aliphatic hydroxyl groups is 1. The average molecular weight is 556 g/mol. The Balaban J connectivity index is 2.31. The number of hydrogen-bond acceptors (Lipinski definition) is 13. The van der Waals surface area contributed by atoms with Crippen molar-refractivity contribution in [2.75, 3.05) is 5.73 Å². The first-order valence-electron chi connectivity index (χ1n) is 8.19. The molecule has 1 aliphatic rings. The van der Waals surface area contributed by atoms with Crippen molar-refractivity contribution in [3.63, 3.8) is 0 Å². The van der Waals surface area contributed by atoms with Gasteiger partial charge in [0.2, 0.25) is 5.95 Å². The van der Waals surface area contributed by atoms with E-state index in [1.54, 1.807) is 0 Å². The molecule has 1 saturated heterocycles. The number of ether oxygens (including phenoxy) is 1. The molecular formula is C11H17ClN5O13P3. The number of anilines is 1. The third-order valence-corrected chi connectivity index (χ3v) is 7.96. The third-order valence-electron chi connectivity index (χ3n) is 3.94. The van der Waals surface area contributed by atoms with Crippen LogP contribution >= 0.6 is 35.1 Å². The highest BCUT2D eigenvalue weighted by atomic mass is 35.5. The Morgan fingerprint density at radius 1 is 1.27 bits per heavy atom. The number of nitrogen functional groups attached to an aromatic ring is 1. The monoisotopic (exact) mass is 555 g/mol. The van der Waals surface area contributed by atoms with Gasteiger partial charge in [0.25, 0.3) is 0 Å². The second-order valence-electron chi connectivity index (χ2n) is 6.36. The molecule has 7 atom stereocenters. The Kier molecular flexibility index (Phi) is 8.30. The van der Waals surface area contributed by atoms with E-state index in [1.807, 2.05) is 5.38 Å². The van der Waals surface area contributed by atoms with Gasteiger partial charge in [-0.1, -0.05) is 5.92 Å². The van der Waals surface area contributed by atoms with E-state index < -0.39 is 65.2 Å². The zero-order chi connectivity index (χ0) is 25.4. The predicted octanol–water partition coefficient (Wildman–Crippen LogP) is -1.89. The topological polar surface area (TPSA) is 289 Å². The summed E-state index contributed by atoms with van der Waals surface area (Å²) in [5.74, 6) is 1.84. The summed E-state index contributed by atoms with van der Waals surface area (Å²) in [4.78, 5) is 55.2. The summed E-state index contributed by atoms with van der Waals surface area (Å²) in [5, 5.41) is 12.6. The molecule has 1 aliphatic heterocycles. The van der Waals surface area contributed by atoms with Gasteiger partial charge in [0.15, 0.2) is 11.8 Å². The molecule has 3 unspecified atom stereocenters. The quantitative estimate of drug-likeness (QED) is 0.136. The molecule has 186 valence electrons. The third kappa shape index (κ3) is 6.89. The van der Waals surface area contributed by atoms with Crippen molar-refractivity contribution in [1.82, 2.24) is 14.5 Å². The van der Waals surface area contributed by atoms with E-state index in [-0.39, 0.29) is 0 Å². The zero-order valence-electron chi connectivity index (χ0n) is 16.1. The average Bonchev–Trinajstić information content (AvgIpc) is 2.83. The lowest BCUT2D eigenvalue weighted by molar-refractivity contribution is -0.0757. The number of aliphatic hydroxyl groups excluding tert-OH is 1. The molecule has 0 bridgehead atoms. The van der Waals surface area contributed by atoms with Gasteiger partial charge in [-0.3, -0.25) is 9.09 Å². The fraction of sp³-hybridized carbons (Fsp3) is 0.545. The van der Waals surface area contributed by atoms with Crippen LogP contribution in [0.5, 0.6) is 0 Å². The van der Waals surface area contributed by atoms with Crippen molar-refractivity contribution >= 4 is 41.0 Å². The number of nitrogens with two attached hydrogens (primary N) is 2. The first-order valence-corrected chi connectivity index (χ1v) is 13.1. The van der Waals surface area contributed by atoms with Crippen LogP contribution in [-0.4, -0.2) is 63.1 Å². The van der Waals surface area contributed by atoms with Crippen LogP contribution in [0, 0.1) is 11.3 Å². The highest BCUT2D eigenvalue weighted by Crippen LogP contribution is 2.66. The first kappa shape index (κ1) is 28.0. The maximum Gasteiger partial charge on any atom is 0.490 e. The fourth-order valence-corrected chi connectivity index (χ4v) is 6.08. The summed E-state index contributed by atoms with van der Waals surface area (Å²) in [5.41, 5.74) is 8.23. The van der Waals surface area contributed by atoms with Crippen LogP contribution in [0.15, 0.2) is 11.1 Å². The summed E-state index contributed by atoms with van der Waals surface area (Å²) < 4.78 is 52.2. The van der Waals surface area contributed by atoms with Gasteiger partial charge >= 0.3 is 29.2 Å².